The van der Waals surface area contributed by atoms with E-state index >= 15 is 0 Å². The van der Waals surface area contributed by atoms with Crippen LogP contribution in [-0.2, 0) is 9.31 Å². The Morgan fingerprint density at radius 2 is 1.76 bits per heavy atom. The molecular weight excluding hydrogens is 290 g/mol. The summed E-state index contributed by atoms with van der Waals surface area (Å²) < 4.78 is 11.9. The Hall–Kier alpha value is -1.24. The first kappa shape index (κ1) is 16.1. The lowest BCUT2D eigenvalue weighted by atomic mass is 9.79. The van der Waals surface area contributed by atoms with Gasteiger partial charge in [-0.3, -0.25) is 0 Å². The molecule has 0 aliphatic carbocycles. The molecule has 2 amide bonds. The van der Waals surface area contributed by atoms with Crippen molar-refractivity contribution < 1.29 is 14.1 Å². The predicted molar refractivity (Wildman–Crippen MR) is 85.2 cm³/mol. The summed E-state index contributed by atoms with van der Waals surface area (Å²) in [6.07, 6.45) is 0. The van der Waals surface area contributed by atoms with E-state index in [1.807, 2.05) is 33.8 Å². The number of halogens is 1. The summed E-state index contributed by atoms with van der Waals surface area (Å²) in [6, 6.07) is 4.99. The van der Waals surface area contributed by atoms with Gasteiger partial charge in [0.2, 0.25) is 0 Å². The van der Waals surface area contributed by atoms with E-state index in [-0.39, 0.29) is 6.03 Å². The molecule has 5 nitrogen and oxygen atoms in total. The summed E-state index contributed by atoms with van der Waals surface area (Å²) in [5.74, 6) is 0. The van der Waals surface area contributed by atoms with Gasteiger partial charge in [-0.15, -0.1) is 0 Å². The van der Waals surface area contributed by atoms with Crippen LogP contribution in [0.4, 0.5) is 10.5 Å². The molecule has 114 valence electrons. The van der Waals surface area contributed by atoms with Crippen LogP contribution in [0.1, 0.15) is 27.7 Å². The SMILES string of the molecule is CNC(=O)Nc1ccc(B2OC(C)(C)C(C)(C)O2)cc1Cl. The molecule has 0 atom stereocenters. The average molecular weight is 311 g/mol. The fraction of sp³-hybridized carbons (Fsp3) is 0.500. The van der Waals surface area contributed by atoms with E-state index in [9.17, 15) is 4.79 Å². The van der Waals surface area contributed by atoms with Crippen LogP contribution < -0.4 is 16.1 Å². The first-order chi connectivity index (χ1) is 9.66. The second kappa shape index (κ2) is 5.52. The van der Waals surface area contributed by atoms with Crippen molar-refractivity contribution in [1.82, 2.24) is 5.32 Å². The lowest BCUT2D eigenvalue weighted by Gasteiger charge is -2.32. The Balaban J connectivity index is 2.20. The minimum absolute atomic E-state index is 0.319. The largest absolute Gasteiger partial charge is 0.494 e. The molecule has 0 spiro atoms. The number of hydrogen-bond donors (Lipinski definition) is 2. The van der Waals surface area contributed by atoms with Gasteiger partial charge in [0, 0.05) is 7.05 Å². The van der Waals surface area contributed by atoms with Gasteiger partial charge in [0.15, 0.2) is 0 Å². The maximum Gasteiger partial charge on any atom is 0.494 e. The fourth-order valence-electron chi connectivity index (χ4n) is 1.94. The van der Waals surface area contributed by atoms with Gasteiger partial charge in [-0.05, 0) is 45.3 Å². The lowest BCUT2D eigenvalue weighted by molar-refractivity contribution is 0.00578. The molecule has 1 aromatic rings. The third kappa shape index (κ3) is 3.17. The van der Waals surface area contributed by atoms with E-state index < -0.39 is 18.3 Å². The zero-order valence-electron chi connectivity index (χ0n) is 12.9. The van der Waals surface area contributed by atoms with Gasteiger partial charge in [0.25, 0.3) is 0 Å². The van der Waals surface area contributed by atoms with Crippen LogP contribution in [0.2, 0.25) is 5.02 Å². The number of nitrogens with one attached hydrogen (secondary N) is 2. The Labute approximate surface area is 130 Å². The summed E-state index contributed by atoms with van der Waals surface area (Å²) in [6.45, 7) is 7.98. The van der Waals surface area contributed by atoms with Gasteiger partial charge in [-0.2, -0.15) is 0 Å². The highest BCUT2D eigenvalue weighted by atomic mass is 35.5. The highest BCUT2D eigenvalue weighted by molar-refractivity contribution is 6.62. The van der Waals surface area contributed by atoms with Crippen LogP contribution in [-0.4, -0.2) is 31.4 Å². The molecule has 0 saturated carbocycles. The lowest BCUT2D eigenvalue weighted by Crippen LogP contribution is -2.41. The number of carbonyl (C=O) groups excluding carboxylic acids is 1. The van der Waals surface area contributed by atoms with E-state index in [0.717, 1.165) is 5.46 Å². The molecule has 2 N–H and O–H groups in total. The van der Waals surface area contributed by atoms with Crippen LogP contribution in [0, 0.1) is 0 Å². The van der Waals surface area contributed by atoms with Crippen molar-refractivity contribution >= 4 is 35.9 Å². The zero-order valence-corrected chi connectivity index (χ0v) is 13.7. The van der Waals surface area contributed by atoms with Gasteiger partial charge >= 0.3 is 13.1 Å². The van der Waals surface area contributed by atoms with E-state index in [1.54, 1.807) is 19.2 Å². The maximum atomic E-state index is 11.3. The minimum atomic E-state index is -0.471. The highest BCUT2D eigenvalue weighted by Gasteiger charge is 2.51. The maximum absolute atomic E-state index is 11.3. The number of urea groups is 1. The Morgan fingerprint density at radius 3 is 2.24 bits per heavy atom. The molecule has 1 heterocycles. The number of hydrogen-bond acceptors (Lipinski definition) is 3. The topological polar surface area (TPSA) is 59.6 Å². The van der Waals surface area contributed by atoms with E-state index in [4.69, 9.17) is 20.9 Å². The number of anilines is 1. The molecule has 0 aromatic heterocycles. The van der Waals surface area contributed by atoms with Gasteiger partial charge in [0.1, 0.15) is 0 Å². The van der Waals surface area contributed by atoms with Crippen LogP contribution in [0.25, 0.3) is 0 Å². The van der Waals surface area contributed by atoms with Crippen molar-refractivity contribution in [1.29, 1.82) is 0 Å². The molecule has 2 rings (SSSR count). The summed E-state index contributed by atoms with van der Waals surface area (Å²) in [5, 5.41) is 5.56. The fourth-order valence-corrected chi connectivity index (χ4v) is 2.18. The van der Waals surface area contributed by atoms with Crippen molar-refractivity contribution in [3.8, 4) is 0 Å². The van der Waals surface area contributed by atoms with Gasteiger partial charge in [-0.25, -0.2) is 4.79 Å². The number of carbonyl (C=O) groups is 1. The molecular formula is C14H20BClN2O3. The zero-order chi connectivity index (χ0) is 15.8. The molecule has 0 radical (unpaired) electrons. The molecule has 1 saturated heterocycles. The van der Waals surface area contributed by atoms with E-state index in [0.29, 0.717) is 10.7 Å². The average Bonchev–Trinajstić information content (AvgIpc) is 2.60. The standard InChI is InChI=1S/C14H20BClN2O3/c1-13(2)14(3,4)21-15(20-13)9-6-7-11(10(16)8-9)18-12(19)17-5/h6-8H,1-5H3,(H2,17,18,19). The third-order valence-corrected chi connectivity index (χ3v) is 4.31. The van der Waals surface area contributed by atoms with E-state index in [2.05, 4.69) is 10.6 Å². The summed E-state index contributed by atoms with van der Waals surface area (Å²) in [5.41, 5.74) is 0.559. The highest BCUT2D eigenvalue weighted by Crippen LogP contribution is 2.36. The second-order valence-electron chi connectivity index (χ2n) is 6.03. The van der Waals surface area contributed by atoms with Crippen molar-refractivity contribution in [2.75, 3.05) is 12.4 Å². The molecule has 21 heavy (non-hydrogen) atoms. The van der Waals surface area contributed by atoms with Crippen LogP contribution >= 0.6 is 11.6 Å². The Kier molecular flexibility index (Phi) is 4.24. The third-order valence-electron chi connectivity index (χ3n) is 3.99. The minimum Gasteiger partial charge on any atom is -0.399 e. The van der Waals surface area contributed by atoms with Crippen molar-refractivity contribution in [3.05, 3.63) is 23.2 Å². The molecule has 1 fully saturated rings. The van der Waals surface area contributed by atoms with Crippen molar-refractivity contribution in [2.45, 2.75) is 38.9 Å². The van der Waals surface area contributed by atoms with Gasteiger partial charge in [-0.1, -0.05) is 17.7 Å². The Morgan fingerprint density at radius 1 is 1.19 bits per heavy atom. The number of rotatable bonds is 2. The van der Waals surface area contributed by atoms with E-state index in [1.165, 1.54) is 0 Å². The number of amides is 2. The summed E-state index contributed by atoms with van der Waals surface area (Å²) in [4.78, 5) is 11.3. The first-order valence-electron chi connectivity index (χ1n) is 6.80. The van der Waals surface area contributed by atoms with Crippen LogP contribution in [0.15, 0.2) is 18.2 Å². The van der Waals surface area contributed by atoms with Crippen LogP contribution in [0.5, 0.6) is 0 Å². The van der Waals surface area contributed by atoms with Crippen LogP contribution in [0.3, 0.4) is 0 Å². The smallest absolute Gasteiger partial charge is 0.399 e. The normalized spacial score (nSPS) is 19.4. The second-order valence-corrected chi connectivity index (χ2v) is 6.44. The number of benzene rings is 1. The summed E-state index contributed by atoms with van der Waals surface area (Å²) in [7, 11) is 1.07. The monoisotopic (exact) mass is 310 g/mol. The van der Waals surface area contributed by atoms with Crippen molar-refractivity contribution in [2.24, 2.45) is 0 Å². The quantitative estimate of drug-likeness (QED) is 0.825. The molecule has 1 aromatic carbocycles. The molecule has 0 unspecified atom stereocenters. The molecule has 7 heteroatoms. The van der Waals surface area contributed by atoms with Crippen molar-refractivity contribution in [3.63, 3.8) is 0 Å². The predicted octanol–water partition coefficient (Wildman–Crippen LogP) is 2.39. The molecule has 0 bridgehead atoms. The first-order valence-corrected chi connectivity index (χ1v) is 7.18. The van der Waals surface area contributed by atoms with Gasteiger partial charge < -0.3 is 19.9 Å². The summed E-state index contributed by atoms with van der Waals surface area (Å²) >= 11 is 6.20. The van der Waals surface area contributed by atoms with Gasteiger partial charge in [0.05, 0.1) is 21.9 Å². The molecule has 1 aliphatic heterocycles. The Bertz CT molecular complexity index is 547. The molecule has 1 aliphatic rings.